The lowest BCUT2D eigenvalue weighted by Gasteiger charge is -2.26. The number of rotatable bonds is 5. The van der Waals surface area contributed by atoms with Crippen molar-refractivity contribution in [3.05, 3.63) is 69.8 Å². The van der Waals surface area contributed by atoms with Crippen LogP contribution in [-0.4, -0.2) is 18.7 Å². The number of hydrogen-bond donors (Lipinski definition) is 1. The molecule has 0 radical (unpaired) electrons. The van der Waals surface area contributed by atoms with Gasteiger partial charge in [0.1, 0.15) is 0 Å². The van der Waals surface area contributed by atoms with E-state index in [-0.39, 0.29) is 10.5 Å². The summed E-state index contributed by atoms with van der Waals surface area (Å²) in [6.07, 6.45) is 7.67. The molecular weight excluding hydrogens is 370 g/mol. The van der Waals surface area contributed by atoms with Gasteiger partial charge in [-0.25, -0.2) is 0 Å². The van der Waals surface area contributed by atoms with Crippen molar-refractivity contribution in [1.82, 2.24) is 0 Å². The van der Waals surface area contributed by atoms with Crippen LogP contribution in [0.3, 0.4) is 0 Å². The van der Waals surface area contributed by atoms with Gasteiger partial charge in [-0.05, 0) is 104 Å². The van der Waals surface area contributed by atoms with Crippen LogP contribution in [0.1, 0.15) is 42.9 Å². The SMILES string of the molecule is C=S(C)c1ccc2c(c1)C(CCN)=C(C)CC(Cc1cccc(Cl)c1)CC2. The number of hydrogen-bond acceptors (Lipinski definition) is 1. The van der Waals surface area contributed by atoms with E-state index in [1.54, 1.807) is 0 Å². The molecule has 1 nitrogen and oxygen atoms in total. The first-order valence-electron chi connectivity index (χ1n) is 9.70. The van der Waals surface area contributed by atoms with Crippen LogP contribution in [0.25, 0.3) is 5.57 Å². The Morgan fingerprint density at radius 2 is 2.04 bits per heavy atom. The molecule has 0 spiro atoms. The lowest BCUT2D eigenvalue weighted by Crippen LogP contribution is -2.13. The van der Waals surface area contributed by atoms with Crippen LogP contribution in [0.15, 0.2) is 52.9 Å². The van der Waals surface area contributed by atoms with Crippen molar-refractivity contribution in [3.8, 4) is 0 Å². The highest BCUT2D eigenvalue weighted by Gasteiger charge is 2.20. The van der Waals surface area contributed by atoms with Crippen LogP contribution in [0.2, 0.25) is 5.02 Å². The molecule has 2 aromatic rings. The molecule has 0 fully saturated rings. The molecule has 0 saturated heterocycles. The van der Waals surface area contributed by atoms with Crippen LogP contribution in [0.4, 0.5) is 0 Å². The first-order chi connectivity index (χ1) is 13.0. The molecule has 0 saturated carbocycles. The minimum absolute atomic E-state index is 0.0307. The molecule has 0 heterocycles. The molecule has 3 rings (SSSR count). The zero-order chi connectivity index (χ0) is 19.4. The second kappa shape index (κ2) is 9.23. The van der Waals surface area contributed by atoms with Gasteiger partial charge in [-0.3, -0.25) is 0 Å². The van der Waals surface area contributed by atoms with E-state index < -0.39 is 0 Å². The minimum Gasteiger partial charge on any atom is -0.330 e. The second-order valence-corrected chi connectivity index (χ2v) is 9.88. The fourth-order valence-corrected chi connectivity index (χ4v) is 5.02. The number of aryl methyl sites for hydroxylation is 1. The standard InChI is InChI=1S/C24H30ClNS/c1-17-13-19(14-18-5-4-6-21(25)15-18)7-8-20-9-10-22(27(2)3)16-24(20)23(17)11-12-26/h4-6,9-10,15-16,19H,2,7-8,11-14,26H2,1,3H3. The highest BCUT2D eigenvalue weighted by molar-refractivity contribution is 8.13. The van der Waals surface area contributed by atoms with Gasteiger partial charge in [0, 0.05) is 9.92 Å². The molecule has 0 aliphatic heterocycles. The Hall–Kier alpha value is -1.35. The van der Waals surface area contributed by atoms with Gasteiger partial charge in [-0.15, -0.1) is 0 Å². The maximum absolute atomic E-state index is 6.19. The Morgan fingerprint density at radius 1 is 1.22 bits per heavy atom. The van der Waals surface area contributed by atoms with E-state index in [2.05, 4.69) is 55.4 Å². The van der Waals surface area contributed by atoms with Gasteiger partial charge in [-0.1, -0.05) is 41.2 Å². The summed E-state index contributed by atoms with van der Waals surface area (Å²) in [5.41, 5.74) is 13.1. The van der Waals surface area contributed by atoms with Crippen molar-refractivity contribution in [2.75, 3.05) is 12.8 Å². The van der Waals surface area contributed by atoms with Crippen LogP contribution in [0.5, 0.6) is 0 Å². The lowest BCUT2D eigenvalue weighted by atomic mass is 9.80. The molecule has 1 aliphatic rings. The summed E-state index contributed by atoms with van der Waals surface area (Å²) < 4.78 is 0. The maximum atomic E-state index is 6.19. The van der Waals surface area contributed by atoms with Crippen molar-refractivity contribution in [3.63, 3.8) is 0 Å². The smallest absolute Gasteiger partial charge is 0.0408 e. The van der Waals surface area contributed by atoms with E-state index in [1.807, 2.05) is 6.07 Å². The zero-order valence-electron chi connectivity index (χ0n) is 16.4. The molecule has 3 heteroatoms. The van der Waals surface area contributed by atoms with E-state index >= 15 is 0 Å². The summed E-state index contributed by atoms with van der Waals surface area (Å²) in [4.78, 5) is 1.34. The van der Waals surface area contributed by atoms with Crippen molar-refractivity contribution < 1.29 is 0 Å². The third kappa shape index (κ3) is 5.13. The molecule has 0 aromatic heterocycles. The van der Waals surface area contributed by atoms with E-state index in [0.717, 1.165) is 30.7 Å². The summed E-state index contributed by atoms with van der Waals surface area (Å²) in [7, 11) is 0.0307. The summed E-state index contributed by atoms with van der Waals surface area (Å²) in [5.74, 6) is 4.87. The predicted molar refractivity (Wildman–Crippen MR) is 123 cm³/mol. The van der Waals surface area contributed by atoms with Crippen LogP contribution < -0.4 is 5.73 Å². The Labute approximate surface area is 171 Å². The predicted octanol–water partition coefficient (Wildman–Crippen LogP) is 6.35. The Morgan fingerprint density at radius 3 is 2.74 bits per heavy atom. The fraction of sp³-hybridized carbons (Fsp3) is 0.375. The molecule has 144 valence electrons. The molecule has 2 unspecified atom stereocenters. The molecule has 2 N–H and O–H groups in total. The summed E-state index contributed by atoms with van der Waals surface area (Å²) in [5, 5.41) is 0.829. The quantitative estimate of drug-likeness (QED) is 0.582. The monoisotopic (exact) mass is 399 g/mol. The molecule has 2 aromatic carbocycles. The third-order valence-corrected chi connectivity index (χ3v) is 6.84. The zero-order valence-corrected chi connectivity index (χ0v) is 18.0. The van der Waals surface area contributed by atoms with E-state index in [1.165, 1.54) is 39.2 Å². The minimum atomic E-state index is 0.0307. The van der Waals surface area contributed by atoms with Crippen molar-refractivity contribution in [1.29, 1.82) is 0 Å². The van der Waals surface area contributed by atoms with Gasteiger partial charge in [0.2, 0.25) is 0 Å². The number of allylic oxidation sites excluding steroid dienone is 1. The van der Waals surface area contributed by atoms with Gasteiger partial charge < -0.3 is 5.73 Å². The molecule has 27 heavy (non-hydrogen) atoms. The molecule has 0 bridgehead atoms. The van der Waals surface area contributed by atoms with Gasteiger partial charge in [0.25, 0.3) is 0 Å². The van der Waals surface area contributed by atoms with Crippen LogP contribution in [0, 0.1) is 5.92 Å². The molecule has 2 atom stereocenters. The normalized spacial score (nSPS) is 18.6. The number of fused-ring (bicyclic) bond motifs is 1. The summed E-state index contributed by atoms with van der Waals surface area (Å²) >= 11 is 6.19. The molecular formula is C24H30ClNS. The number of benzene rings is 2. The van der Waals surface area contributed by atoms with E-state index in [4.69, 9.17) is 17.3 Å². The molecule has 0 amide bonds. The van der Waals surface area contributed by atoms with Gasteiger partial charge in [0.05, 0.1) is 0 Å². The topological polar surface area (TPSA) is 26.0 Å². The largest absolute Gasteiger partial charge is 0.330 e. The lowest BCUT2D eigenvalue weighted by molar-refractivity contribution is 0.476. The third-order valence-electron chi connectivity index (χ3n) is 5.55. The average Bonchev–Trinajstić information content (AvgIpc) is 2.63. The van der Waals surface area contributed by atoms with Crippen molar-refractivity contribution in [2.45, 2.75) is 43.9 Å². The van der Waals surface area contributed by atoms with Crippen LogP contribution >= 0.6 is 22.1 Å². The molecule has 1 aliphatic carbocycles. The van der Waals surface area contributed by atoms with Crippen molar-refractivity contribution >= 4 is 33.5 Å². The Kier molecular flexibility index (Phi) is 6.97. The average molecular weight is 400 g/mol. The maximum Gasteiger partial charge on any atom is 0.0408 e. The fourth-order valence-electron chi connectivity index (χ4n) is 4.18. The first-order valence-corrected chi connectivity index (χ1v) is 11.9. The number of halogens is 1. The first kappa shape index (κ1) is 20.4. The highest BCUT2D eigenvalue weighted by Crippen LogP contribution is 2.37. The second-order valence-electron chi connectivity index (χ2n) is 7.70. The Balaban J connectivity index is 1.94. The van der Waals surface area contributed by atoms with Gasteiger partial charge >= 0.3 is 0 Å². The Bertz CT molecular complexity index is 868. The summed E-state index contributed by atoms with van der Waals surface area (Å²) in [6, 6.07) is 15.3. The van der Waals surface area contributed by atoms with E-state index in [0.29, 0.717) is 12.5 Å². The van der Waals surface area contributed by atoms with Gasteiger partial charge in [-0.2, -0.15) is 10.5 Å². The van der Waals surface area contributed by atoms with Crippen molar-refractivity contribution in [2.24, 2.45) is 11.7 Å². The highest BCUT2D eigenvalue weighted by atomic mass is 35.5. The van der Waals surface area contributed by atoms with E-state index in [9.17, 15) is 0 Å². The van der Waals surface area contributed by atoms with Crippen LogP contribution in [-0.2, 0) is 12.8 Å². The van der Waals surface area contributed by atoms with Gasteiger partial charge in [0.15, 0.2) is 0 Å². The summed E-state index contributed by atoms with van der Waals surface area (Å²) in [6.45, 7) is 2.99. The number of nitrogens with two attached hydrogens (primary N) is 1.